The van der Waals surface area contributed by atoms with E-state index in [1.165, 1.54) is 12.7 Å². The first-order valence-corrected chi connectivity index (χ1v) is 19.6. The molecule has 52 heavy (non-hydrogen) atoms. The van der Waals surface area contributed by atoms with Crippen molar-refractivity contribution in [3.63, 3.8) is 0 Å². The van der Waals surface area contributed by atoms with E-state index < -0.39 is 11.0 Å². The molecule has 0 radical (unpaired) electrons. The highest BCUT2D eigenvalue weighted by molar-refractivity contribution is 7.82. The summed E-state index contributed by atoms with van der Waals surface area (Å²) in [4.78, 5) is 33.6. The normalized spacial score (nSPS) is 20.4. The molecule has 13 nitrogen and oxygen atoms in total. The fourth-order valence-electron chi connectivity index (χ4n) is 6.86. The van der Waals surface area contributed by atoms with Gasteiger partial charge in [0, 0.05) is 104 Å². The molecule has 0 spiro atoms. The smallest absolute Gasteiger partial charge is 0.324 e. The standard InChI is InChI=1S/C36H54N8O3S.CH5N.CH3N/c1-29-11-20-44(21-12-29)48(47)34-10-7-9-33(27-34)41-17-13-31(14-18-41)28-40-22-24-42(25-23-40)32(26-30(2)39(4)37-3)8-5-6-16-43-19-15-35(45)38-36(43)46;2*1-2/h5,7-10,26-27,29,31H,2-3,6,11-25,28H2,1,4H3,(H,38,45,46);2H2,1H3;2H,1H2/b8-5-,32-26+;;. The molecule has 3 amide bonds. The van der Waals surface area contributed by atoms with Crippen LogP contribution >= 0.6 is 0 Å². The number of nitrogens with one attached hydrogen (secondary N) is 2. The fourth-order valence-corrected chi connectivity index (χ4v) is 8.12. The summed E-state index contributed by atoms with van der Waals surface area (Å²) in [5.74, 6) is 1.19. The molecule has 4 aliphatic rings. The number of hydrazone groups is 1. The molecule has 14 heteroatoms. The first kappa shape index (κ1) is 42.6. The summed E-state index contributed by atoms with van der Waals surface area (Å²) in [6.07, 6.45) is 11.8. The highest BCUT2D eigenvalue weighted by atomic mass is 32.2. The minimum Gasteiger partial charge on any atom is -0.371 e. The number of hydrogen-bond donors (Lipinski definition) is 3. The monoisotopic (exact) mass is 738 g/mol. The Hall–Kier alpha value is -3.85. The number of benzene rings is 1. The van der Waals surface area contributed by atoms with E-state index in [0.717, 1.165) is 107 Å². The number of piperidine rings is 2. The second kappa shape index (κ2) is 22.3. The molecule has 1 aromatic rings. The van der Waals surface area contributed by atoms with Gasteiger partial charge in [-0.05, 0) is 88.1 Å². The van der Waals surface area contributed by atoms with Gasteiger partial charge in [0.15, 0.2) is 0 Å². The molecule has 4 aliphatic heterocycles. The molecular formula is C38H62N10O3S. The third kappa shape index (κ3) is 12.7. The summed E-state index contributed by atoms with van der Waals surface area (Å²) >= 11 is 0. The number of rotatable bonds is 13. The number of carbonyl (C=O) groups excluding carboxylic acids is 2. The molecule has 5 rings (SSSR count). The van der Waals surface area contributed by atoms with Gasteiger partial charge in [0.2, 0.25) is 5.91 Å². The lowest BCUT2D eigenvalue weighted by atomic mass is 9.95. The number of piperazine rings is 1. The summed E-state index contributed by atoms with van der Waals surface area (Å²) in [7, 11) is 2.25. The Morgan fingerprint density at radius 1 is 1.04 bits per heavy atom. The number of nitrogens with zero attached hydrogens (tertiary/aromatic N) is 7. The number of nitrogens with two attached hydrogens (primary N) is 1. The zero-order valence-electron chi connectivity index (χ0n) is 31.7. The van der Waals surface area contributed by atoms with Crippen LogP contribution in [0.25, 0.3) is 0 Å². The van der Waals surface area contributed by atoms with Crippen LogP contribution in [0.4, 0.5) is 10.5 Å². The van der Waals surface area contributed by atoms with E-state index in [-0.39, 0.29) is 11.9 Å². The van der Waals surface area contributed by atoms with Crippen LogP contribution in [0.15, 0.2) is 70.5 Å². The van der Waals surface area contributed by atoms with Gasteiger partial charge in [-0.15, -0.1) is 0 Å². The van der Waals surface area contributed by atoms with Gasteiger partial charge >= 0.3 is 6.03 Å². The molecule has 0 bridgehead atoms. The summed E-state index contributed by atoms with van der Waals surface area (Å²) < 4.78 is 15.4. The second-order valence-electron chi connectivity index (χ2n) is 13.6. The minimum absolute atomic E-state index is 0.210. The quantitative estimate of drug-likeness (QED) is 0.157. The number of amides is 3. The van der Waals surface area contributed by atoms with Crippen molar-refractivity contribution in [2.24, 2.45) is 22.7 Å². The first-order chi connectivity index (χ1) is 25.2. The predicted molar refractivity (Wildman–Crippen MR) is 214 cm³/mol. The molecule has 4 saturated heterocycles. The van der Waals surface area contributed by atoms with Crippen molar-refractivity contribution in [2.45, 2.75) is 50.3 Å². The Morgan fingerprint density at radius 3 is 2.35 bits per heavy atom. The number of carbonyl (C=O) groups is 2. The highest BCUT2D eigenvalue weighted by Crippen LogP contribution is 2.28. The van der Waals surface area contributed by atoms with Crippen LogP contribution in [-0.2, 0) is 15.8 Å². The molecule has 0 aliphatic carbocycles. The van der Waals surface area contributed by atoms with Gasteiger partial charge in [0.05, 0.1) is 10.6 Å². The summed E-state index contributed by atoms with van der Waals surface area (Å²) in [6, 6.07) is 8.09. The van der Waals surface area contributed by atoms with Gasteiger partial charge in [-0.1, -0.05) is 25.6 Å². The predicted octanol–water partition coefficient (Wildman–Crippen LogP) is 3.95. The third-order valence-electron chi connectivity index (χ3n) is 10.2. The van der Waals surface area contributed by atoms with Crippen LogP contribution in [0.2, 0.25) is 0 Å². The maximum atomic E-state index is 13.3. The molecule has 0 saturated carbocycles. The summed E-state index contributed by atoms with van der Waals surface area (Å²) in [5.41, 5.74) is 7.52. The van der Waals surface area contributed by atoms with Gasteiger partial charge in [-0.25, -0.2) is 13.3 Å². The molecule has 1 aromatic carbocycles. The average Bonchev–Trinajstić information content (AvgIpc) is 3.18. The van der Waals surface area contributed by atoms with E-state index in [1.54, 1.807) is 9.91 Å². The highest BCUT2D eigenvalue weighted by Gasteiger charge is 2.26. The lowest BCUT2D eigenvalue weighted by Gasteiger charge is -2.40. The Balaban J connectivity index is 0.00000176. The second-order valence-corrected chi connectivity index (χ2v) is 15.1. The Bertz CT molecular complexity index is 1400. The largest absolute Gasteiger partial charge is 0.371 e. The van der Waals surface area contributed by atoms with Crippen molar-refractivity contribution >= 4 is 42.0 Å². The van der Waals surface area contributed by atoms with E-state index in [0.29, 0.717) is 31.8 Å². The SMILES string of the molecule is C=N.C=NN(C)C(=C)/C=C(\C=C/CCN1CCC(=O)NC1=O)N1CCN(CC2CCN(c3cccc(S(=O)N4CCC(C)CC4)c3)CC2)CC1.CN. The summed E-state index contributed by atoms with van der Waals surface area (Å²) in [6.45, 7) is 22.4. The summed E-state index contributed by atoms with van der Waals surface area (Å²) in [5, 5.41) is 13.5. The van der Waals surface area contributed by atoms with Crippen LogP contribution in [0.3, 0.4) is 0 Å². The van der Waals surface area contributed by atoms with Crippen molar-refractivity contribution in [3.8, 4) is 0 Å². The van der Waals surface area contributed by atoms with E-state index in [2.05, 4.69) is 92.4 Å². The Kier molecular flexibility index (Phi) is 18.2. The van der Waals surface area contributed by atoms with E-state index >= 15 is 0 Å². The molecule has 1 unspecified atom stereocenters. The van der Waals surface area contributed by atoms with Gasteiger partial charge in [0.1, 0.15) is 11.0 Å². The van der Waals surface area contributed by atoms with Crippen molar-refractivity contribution in [1.82, 2.24) is 29.3 Å². The number of allylic oxidation sites excluding steroid dienone is 2. The zero-order valence-corrected chi connectivity index (χ0v) is 32.5. The first-order valence-electron chi connectivity index (χ1n) is 18.5. The van der Waals surface area contributed by atoms with E-state index in [4.69, 9.17) is 5.41 Å². The third-order valence-corrected chi connectivity index (χ3v) is 11.7. The number of hydrogen-bond acceptors (Lipinski definition) is 10. The van der Waals surface area contributed by atoms with Crippen LogP contribution in [-0.4, -0.2) is 140 Å². The average molecular weight is 739 g/mol. The molecule has 4 N–H and O–H groups in total. The van der Waals surface area contributed by atoms with Gasteiger partial charge < -0.3 is 25.8 Å². The van der Waals surface area contributed by atoms with E-state index in [9.17, 15) is 13.8 Å². The van der Waals surface area contributed by atoms with Crippen molar-refractivity contribution in [3.05, 3.63) is 60.5 Å². The molecule has 1 atom stereocenters. The van der Waals surface area contributed by atoms with Crippen molar-refractivity contribution in [1.29, 1.82) is 5.41 Å². The molecular weight excluding hydrogens is 677 g/mol. The van der Waals surface area contributed by atoms with Gasteiger partial charge in [0.25, 0.3) is 0 Å². The number of likely N-dealkylation sites (N-methyl/N-ethyl adjacent to an activating group) is 1. The van der Waals surface area contributed by atoms with Crippen LogP contribution in [0.1, 0.15) is 45.4 Å². The van der Waals surface area contributed by atoms with E-state index in [1.807, 2.05) is 19.2 Å². The Morgan fingerprint density at radius 2 is 1.71 bits per heavy atom. The minimum atomic E-state index is -1.08. The van der Waals surface area contributed by atoms with Crippen LogP contribution in [0.5, 0.6) is 0 Å². The molecule has 4 heterocycles. The lowest BCUT2D eigenvalue weighted by Crippen LogP contribution is -2.49. The maximum Gasteiger partial charge on any atom is 0.324 e. The fraction of sp³-hybridized carbons (Fsp3) is 0.579. The number of urea groups is 1. The Labute approximate surface area is 314 Å². The number of imide groups is 1. The maximum absolute atomic E-state index is 13.3. The molecule has 288 valence electrons. The number of anilines is 1. The molecule has 0 aromatic heterocycles. The van der Waals surface area contributed by atoms with Crippen LogP contribution in [0, 0.1) is 17.2 Å². The lowest BCUT2D eigenvalue weighted by molar-refractivity contribution is -0.121. The van der Waals surface area contributed by atoms with Gasteiger partial charge in [-0.3, -0.25) is 20.0 Å². The molecule has 4 fully saturated rings. The van der Waals surface area contributed by atoms with Crippen LogP contribution < -0.4 is 16.0 Å². The zero-order chi connectivity index (χ0) is 38.0. The van der Waals surface area contributed by atoms with Crippen molar-refractivity contribution < 1.29 is 13.8 Å². The van der Waals surface area contributed by atoms with Gasteiger partial charge in [-0.2, -0.15) is 5.10 Å². The topological polar surface area (TPSA) is 145 Å². The van der Waals surface area contributed by atoms with Crippen molar-refractivity contribution in [2.75, 3.05) is 91.0 Å².